The highest BCUT2D eigenvalue weighted by molar-refractivity contribution is 5.94. The van der Waals surface area contributed by atoms with E-state index in [9.17, 15) is 9.59 Å². The third kappa shape index (κ3) is 7.23. The van der Waals surface area contributed by atoms with Gasteiger partial charge in [0.15, 0.2) is 5.69 Å². The number of nitrogens with zero attached hydrogens (tertiary/aromatic N) is 2. The van der Waals surface area contributed by atoms with Crippen LogP contribution >= 0.6 is 0 Å². The smallest absolute Gasteiger partial charge is 0.272 e. The van der Waals surface area contributed by atoms with Crippen molar-refractivity contribution in [3.8, 4) is 22.8 Å². The lowest BCUT2D eigenvalue weighted by molar-refractivity contribution is -0.121. The number of aromatic nitrogens is 2. The number of nitrogens with one attached hydrogen (secondary N) is 2. The van der Waals surface area contributed by atoms with Gasteiger partial charge >= 0.3 is 0 Å². The van der Waals surface area contributed by atoms with Crippen LogP contribution in [0.2, 0.25) is 0 Å². The molecule has 0 fully saturated rings. The van der Waals surface area contributed by atoms with Crippen molar-refractivity contribution in [1.82, 2.24) is 20.4 Å². The fraction of sp³-hybridized carbons (Fsp3) is 0.577. The Labute approximate surface area is 203 Å². The van der Waals surface area contributed by atoms with E-state index in [0.717, 1.165) is 17.7 Å². The molecule has 8 nitrogen and oxygen atoms in total. The van der Waals surface area contributed by atoms with Crippen LogP contribution in [0.1, 0.15) is 64.4 Å². The first-order valence-electron chi connectivity index (χ1n) is 12.1. The van der Waals surface area contributed by atoms with Crippen LogP contribution in [0.4, 0.5) is 0 Å². The zero-order valence-corrected chi connectivity index (χ0v) is 21.6. The number of amides is 2. The summed E-state index contributed by atoms with van der Waals surface area (Å²) in [6, 6.07) is 7.09. The number of rotatable bonds is 13. The maximum atomic E-state index is 13.3. The molecule has 1 heterocycles. The Balaban J connectivity index is 2.44. The minimum Gasteiger partial charge on any atom is -0.496 e. The number of carbonyl (C=O) groups is 2. The molecule has 0 aliphatic heterocycles. The van der Waals surface area contributed by atoms with Gasteiger partial charge in [-0.2, -0.15) is 5.10 Å². The molecule has 2 N–H and O–H groups in total. The number of hydrogen-bond donors (Lipinski definition) is 2. The number of benzene rings is 1. The van der Waals surface area contributed by atoms with Crippen molar-refractivity contribution in [1.29, 1.82) is 0 Å². The molecule has 2 aromatic rings. The summed E-state index contributed by atoms with van der Waals surface area (Å²) in [5.74, 6) is 1.61. The highest BCUT2D eigenvalue weighted by Gasteiger charge is 2.24. The molecule has 1 aromatic heterocycles. The van der Waals surface area contributed by atoms with Gasteiger partial charge in [0.05, 0.1) is 25.5 Å². The average Bonchev–Trinajstić information content (AvgIpc) is 3.21. The van der Waals surface area contributed by atoms with E-state index in [4.69, 9.17) is 9.47 Å². The van der Waals surface area contributed by atoms with Crippen molar-refractivity contribution in [2.75, 3.05) is 20.8 Å². The van der Waals surface area contributed by atoms with Crippen molar-refractivity contribution in [3.63, 3.8) is 0 Å². The molecule has 8 heteroatoms. The molecule has 0 saturated carbocycles. The van der Waals surface area contributed by atoms with Crippen molar-refractivity contribution in [2.24, 2.45) is 11.8 Å². The van der Waals surface area contributed by atoms with Gasteiger partial charge in [0.1, 0.15) is 11.5 Å². The number of hydrogen-bond acceptors (Lipinski definition) is 5. The van der Waals surface area contributed by atoms with Crippen LogP contribution in [0.3, 0.4) is 0 Å². The van der Waals surface area contributed by atoms with Gasteiger partial charge in [0.2, 0.25) is 5.91 Å². The Morgan fingerprint density at radius 3 is 2.26 bits per heavy atom. The lowest BCUT2D eigenvalue weighted by Gasteiger charge is -2.19. The third-order valence-electron chi connectivity index (χ3n) is 5.77. The zero-order chi connectivity index (χ0) is 25.3. The number of carbonyl (C=O) groups excluding carboxylic acids is 2. The summed E-state index contributed by atoms with van der Waals surface area (Å²) in [6.07, 6.45) is 1.91. The molecule has 0 aliphatic carbocycles. The van der Waals surface area contributed by atoms with Crippen molar-refractivity contribution in [3.05, 3.63) is 30.0 Å². The highest BCUT2D eigenvalue weighted by atomic mass is 16.5. The Bertz CT molecular complexity index is 932. The van der Waals surface area contributed by atoms with Crippen LogP contribution in [-0.4, -0.2) is 48.4 Å². The number of methoxy groups -OCH3 is 2. The quantitative estimate of drug-likeness (QED) is 0.454. The summed E-state index contributed by atoms with van der Waals surface area (Å²) >= 11 is 0. The monoisotopic (exact) mass is 472 g/mol. The molecule has 34 heavy (non-hydrogen) atoms. The second-order valence-corrected chi connectivity index (χ2v) is 9.11. The molecule has 0 aliphatic rings. The standard InChI is InChI=1S/C26H40N4O4/c1-8-18(5)16-30-21(25-22(33-6)11-10-12-23(25)34-7)15-20(29-30)26(32)28-19(13-17(3)4)14-24(31)27-9-2/h10-12,15,17-19H,8-9,13-14,16H2,1-7H3,(H,27,31)(H,28,32)/t18?,19-/m0/s1. The van der Waals surface area contributed by atoms with Gasteiger partial charge in [0.25, 0.3) is 5.91 Å². The molecule has 2 rings (SSSR count). The predicted octanol–water partition coefficient (Wildman–Crippen LogP) is 4.28. The predicted molar refractivity (Wildman–Crippen MR) is 134 cm³/mol. The minimum atomic E-state index is -0.298. The third-order valence-corrected chi connectivity index (χ3v) is 5.77. The van der Waals surface area contributed by atoms with E-state index in [1.54, 1.807) is 20.3 Å². The average molecular weight is 473 g/mol. The van der Waals surface area contributed by atoms with E-state index in [1.807, 2.05) is 29.8 Å². The Morgan fingerprint density at radius 1 is 1.09 bits per heavy atom. The largest absolute Gasteiger partial charge is 0.496 e. The Kier molecular flexibility index (Phi) is 10.4. The summed E-state index contributed by atoms with van der Waals surface area (Å²) in [7, 11) is 3.22. The number of ether oxygens (including phenoxy) is 2. The molecule has 0 spiro atoms. The van der Waals surface area contributed by atoms with Gasteiger partial charge < -0.3 is 20.1 Å². The maximum Gasteiger partial charge on any atom is 0.272 e. The molecule has 0 saturated heterocycles. The van der Waals surface area contributed by atoms with Crippen molar-refractivity contribution < 1.29 is 19.1 Å². The summed E-state index contributed by atoms with van der Waals surface area (Å²) in [5, 5.41) is 10.5. The van der Waals surface area contributed by atoms with E-state index in [-0.39, 0.29) is 24.3 Å². The highest BCUT2D eigenvalue weighted by Crippen LogP contribution is 2.39. The van der Waals surface area contributed by atoms with Crippen LogP contribution < -0.4 is 20.1 Å². The van der Waals surface area contributed by atoms with Crippen molar-refractivity contribution in [2.45, 2.75) is 66.5 Å². The first-order chi connectivity index (χ1) is 16.2. The summed E-state index contributed by atoms with van der Waals surface area (Å²) in [5.41, 5.74) is 1.81. The molecule has 1 unspecified atom stereocenters. The van der Waals surface area contributed by atoms with Crippen LogP contribution in [0.15, 0.2) is 24.3 Å². The molecule has 188 valence electrons. The van der Waals surface area contributed by atoms with Crippen LogP contribution in [-0.2, 0) is 11.3 Å². The second kappa shape index (κ2) is 13.0. The molecular weight excluding hydrogens is 432 g/mol. The first-order valence-corrected chi connectivity index (χ1v) is 12.1. The fourth-order valence-corrected chi connectivity index (χ4v) is 3.91. The lowest BCUT2D eigenvalue weighted by atomic mass is 10.0. The first kappa shape index (κ1) is 27.2. The van der Waals surface area contributed by atoms with E-state index in [0.29, 0.717) is 48.5 Å². The van der Waals surface area contributed by atoms with Crippen LogP contribution in [0, 0.1) is 11.8 Å². The van der Waals surface area contributed by atoms with Gasteiger partial charge in [-0.15, -0.1) is 0 Å². The van der Waals surface area contributed by atoms with Gasteiger partial charge in [-0.25, -0.2) is 0 Å². The molecule has 0 radical (unpaired) electrons. The molecular formula is C26H40N4O4. The maximum absolute atomic E-state index is 13.3. The fourth-order valence-electron chi connectivity index (χ4n) is 3.91. The topological polar surface area (TPSA) is 94.5 Å². The summed E-state index contributed by atoms with van der Waals surface area (Å²) < 4.78 is 13.1. The second-order valence-electron chi connectivity index (χ2n) is 9.11. The lowest BCUT2D eigenvalue weighted by Crippen LogP contribution is -2.40. The normalized spacial score (nSPS) is 12.8. The van der Waals surface area contributed by atoms with Gasteiger partial charge in [-0.3, -0.25) is 14.3 Å². The Morgan fingerprint density at radius 2 is 1.74 bits per heavy atom. The van der Waals surface area contributed by atoms with Crippen molar-refractivity contribution >= 4 is 11.8 Å². The van der Waals surface area contributed by atoms with Gasteiger partial charge in [-0.1, -0.05) is 40.2 Å². The van der Waals surface area contributed by atoms with Gasteiger partial charge in [0, 0.05) is 25.6 Å². The molecule has 0 bridgehead atoms. The van der Waals surface area contributed by atoms with E-state index in [1.165, 1.54) is 0 Å². The Hall–Kier alpha value is -3.03. The van der Waals surface area contributed by atoms with E-state index >= 15 is 0 Å². The van der Waals surface area contributed by atoms with Crippen LogP contribution in [0.5, 0.6) is 11.5 Å². The summed E-state index contributed by atoms with van der Waals surface area (Å²) in [4.78, 5) is 25.4. The van der Waals surface area contributed by atoms with Gasteiger partial charge in [-0.05, 0) is 43.4 Å². The van der Waals surface area contributed by atoms with E-state index < -0.39 is 0 Å². The minimum absolute atomic E-state index is 0.0739. The SMILES string of the molecule is CCNC(=O)C[C@H](CC(C)C)NC(=O)c1cc(-c2c(OC)cccc2OC)n(CC(C)CC)n1. The van der Waals surface area contributed by atoms with Crippen LogP contribution in [0.25, 0.3) is 11.3 Å². The summed E-state index contributed by atoms with van der Waals surface area (Å²) in [6.45, 7) is 11.5. The van der Waals surface area contributed by atoms with E-state index in [2.05, 4.69) is 43.4 Å². The zero-order valence-electron chi connectivity index (χ0n) is 21.6. The molecule has 1 aromatic carbocycles. The molecule has 2 atom stereocenters. The molecule has 2 amide bonds.